The molecule has 5 heterocycles. The minimum absolute atomic E-state index is 0.141. The van der Waals surface area contributed by atoms with Gasteiger partial charge in [-0.1, -0.05) is 0 Å². The van der Waals surface area contributed by atoms with E-state index in [1.165, 1.54) is 17.3 Å². The van der Waals surface area contributed by atoms with Crippen LogP contribution in [0.15, 0.2) is 30.9 Å². The number of hydrogen-bond donors (Lipinski definition) is 0. The van der Waals surface area contributed by atoms with Gasteiger partial charge in [-0.2, -0.15) is 18.3 Å². The number of fused-ring (bicyclic) bond motifs is 1. The topological polar surface area (TPSA) is 80.0 Å². The summed E-state index contributed by atoms with van der Waals surface area (Å²) in [6, 6.07) is 0.951. The van der Waals surface area contributed by atoms with Crippen molar-refractivity contribution in [1.82, 2.24) is 24.7 Å². The molecule has 0 atom stereocenters. The van der Waals surface area contributed by atoms with Gasteiger partial charge in [-0.3, -0.25) is 9.78 Å². The molecule has 34 heavy (non-hydrogen) atoms. The highest BCUT2D eigenvalue weighted by Gasteiger charge is 2.46. The summed E-state index contributed by atoms with van der Waals surface area (Å²) in [6.07, 6.45) is -0.660. The van der Waals surface area contributed by atoms with Crippen molar-refractivity contribution in [1.29, 1.82) is 0 Å². The van der Waals surface area contributed by atoms with E-state index in [-0.39, 0.29) is 29.1 Å². The number of hydrogen-bond acceptors (Lipinski definition) is 6. The molecule has 13 heteroatoms. The zero-order chi connectivity index (χ0) is 24.1. The Kier molecular flexibility index (Phi) is 5.36. The number of aromatic nitrogens is 5. The van der Waals surface area contributed by atoms with Crippen molar-refractivity contribution in [2.24, 2.45) is 5.41 Å². The summed E-state index contributed by atoms with van der Waals surface area (Å²) >= 11 is 0. The van der Waals surface area contributed by atoms with Crippen LogP contribution >= 0.6 is 0 Å². The molecule has 3 aromatic rings. The lowest BCUT2D eigenvalue weighted by atomic mass is 9.77. The van der Waals surface area contributed by atoms with Crippen LogP contribution in [0.4, 0.5) is 33.5 Å². The smallest absolute Gasteiger partial charge is 0.355 e. The van der Waals surface area contributed by atoms with E-state index in [0.717, 1.165) is 16.9 Å². The Hall–Kier alpha value is -3.38. The number of anilines is 2. The van der Waals surface area contributed by atoms with Gasteiger partial charge in [-0.05, 0) is 18.9 Å². The van der Waals surface area contributed by atoms with Gasteiger partial charge in [-0.15, -0.1) is 0 Å². The molecule has 1 spiro atoms. The fraction of sp³-hybridized carbons (Fsp3) is 0.476. The summed E-state index contributed by atoms with van der Waals surface area (Å²) in [5.41, 5.74) is -0.421. The van der Waals surface area contributed by atoms with Crippen molar-refractivity contribution in [3.8, 4) is 0 Å². The van der Waals surface area contributed by atoms with Gasteiger partial charge in [0.2, 0.25) is 5.91 Å². The summed E-state index contributed by atoms with van der Waals surface area (Å²) in [6.45, 7) is 0.831. The standard InChI is InChI=1S/C21H20F5N7O/c22-16(23)11-33-19-15(9-29-33)28-10-17(30-19)31-3-1-20(2-4-31)6-18(34)32(12-20)14-5-13(7-27-8-14)21(24,25)26/h5,7-10,16H,1-4,6,11-12H2. The predicted octanol–water partition coefficient (Wildman–Crippen LogP) is 3.53. The molecule has 2 fully saturated rings. The Morgan fingerprint density at radius 2 is 1.85 bits per heavy atom. The molecule has 1 amide bonds. The first kappa shape index (κ1) is 22.4. The summed E-state index contributed by atoms with van der Waals surface area (Å²) in [5, 5.41) is 3.92. The summed E-state index contributed by atoms with van der Waals surface area (Å²) < 4.78 is 65.9. The van der Waals surface area contributed by atoms with E-state index in [9.17, 15) is 26.7 Å². The van der Waals surface area contributed by atoms with Crippen LogP contribution in [0.1, 0.15) is 24.8 Å². The first-order valence-corrected chi connectivity index (χ1v) is 10.7. The Labute approximate surface area is 190 Å². The van der Waals surface area contributed by atoms with Gasteiger partial charge in [0.1, 0.15) is 17.9 Å². The summed E-state index contributed by atoms with van der Waals surface area (Å²) in [5.74, 6) is 0.299. The quantitative estimate of drug-likeness (QED) is 0.531. The normalized spacial score (nSPS) is 18.6. The maximum absolute atomic E-state index is 13.1. The number of amides is 1. The van der Waals surface area contributed by atoms with Crippen LogP contribution in [0.3, 0.4) is 0 Å². The zero-order valence-electron chi connectivity index (χ0n) is 17.8. The van der Waals surface area contributed by atoms with E-state index in [1.807, 2.05) is 4.90 Å². The first-order chi connectivity index (χ1) is 16.1. The molecule has 0 N–H and O–H groups in total. The maximum atomic E-state index is 13.1. The SMILES string of the molecule is O=C1CC2(CCN(c3cnc4cnn(CC(F)F)c4n3)CC2)CN1c1cncc(C(F)(F)F)c1. The van der Waals surface area contributed by atoms with Crippen LogP contribution in [-0.2, 0) is 17.5 Å². The number of nitrogens with zero attached hydrogens (tertiary/aromatic N) is 7. The van der Waals surface area contributed by atoms with Crippen molar-refractivity contribution < 1.29 is 26.7 Å². The lowest BCUT2D eigenvalue weighted by molar-refractivity contribution is -0.137. The highest BCUT2D eigenvalue weighted by molar-refractivity contribution is 5.96. The van der Waals surface area contributed by atoms with Gasteiger partial charge in [0.05, 0.1) is 29.8 Å². The molecule has 2 aliphatic rings. The van der Waals surface area contributed by atoms with Crippen LogP contribution < -0.4 is 9.80 Å². The second kappa shape index (κ2) is 8.13. The van der Waals surface area contributed by atoms with Crippen molar-refractivity contribution >= 4 is 28.6 Å². The number of alkyl halides is 5. The molecule has 0 aromatic carbocycles. The highest BCUT2D eigenvalue weighted by Crippen LogP contribution is 2.43. The molecule has 0 saturated carbocycles. The van der Waals surface area contributed by atoms with E-state index in [4.69, 9.17) is 0 Å². The van der Waals surface area contributed by atoms with Crippen molar-refractivity contribution in [3.63, 3.8) is 0 Å². The first-order valence-electron chi connectivity index (χ1n) is 10.7. The van der Waals surface area contributed by atoms with Gasteiger partial charge in [-0.25, -0.2) is 23.4 Å². The molecule has 0 radical (unpaired) electrons. The monoisotopic (exact) mass is 481 g/mol. The molecule has 5 rings (SSSR count). The van der Waals surface area contributed by atoms with Gasteiger partial charge in [0.25, 0.3) is 6.43 Å². The molecule has 0 bridgehead atoms. The van der Waals surface area contributed by atoms with Gasteiger partial charge >= 0.3 is 6.18 Å². The summed E-state index contributed by atoms with van der Waals surface area (Å²) in [7, 11) is 0. The lowest BCUT2D eigenvalue weighted by Crippen LogP contribution is -2.42. The molecular weight excluding hydrogens is 461 g/mol. The molecule has 0 unspecified atom stereocenters. The predicted molar refractivity (Wildman–Crippen MR) is 111 cm³/mol. The van der Waals surface area contributed by atoms with Gasteiger partial charge < -0.3 is 9.80 Å². The van der Waals surface area contributed by atoms with Crippen LogP contribution in [0.5, 0.6) is 0 Å². The largest absolute Gasteiger partial charge is 0.417 e. The Balaban J connectivity index is 1.30. The molecular formula is C21H20F5N7O. The average Bonchev–Trinajstić information content (AvgIpc) is 3.33. The third-order valence-electron chi connectivity index (χ3n) is 6.48. The summed E-state index contributed by atoms with van der Waals surface area (Å²) in [4.78, 5) is 28.5. The number of piperidine rings is 1. The third-order valence-corrected chi connectivity index (χ3v) is 6.48. The molecule has 180 valence electrons. The minimum Gasteiger partial charge on any atom is -0.355 e. The highest BCUT2D eigenvalue weighted by atomic mass is 19.4. The number of carbonyl (C=O) groups excluding carboxylic acids is 1. The molecule has 8 nitrogen and oxygen atoms in total. The zero-order valence-corrected chi connectivity index (χ0v) is 17.8. The van der Waals surface area contributed by atoms with Crippen LogP contribution in [-0.4, -0.2) is 56.7 Å². The Morgan fingerprint density at radius 3 is 2.56 bits per heavy atom. The minimum atomic E-state index is -4.54. The van der Waals surface area contributed by atoms with Crippen molar-refractivity contribution in [2.45, 2.75) is 38.4 Å². The van der Waals surface area contributed by atoms with Crippen LogP contribution in [0, 0.1) is 5.41 Å². The number of pyridine rings is 1. The Bertz CT molecular complexity index is 1220. The van der Waals surface area contributed by atoms with Crippen molar-refractivity contribution in [2.75, 3.05) is 29.4 Å². The number of carbonyl (C=O) groups is 1. The molecule has 0 aliphatic carbocycles. The second-order valence-electron chi connectivity index (χ2n) is 8.73. The van der Waals surface area contributed by atoms with Gasteiger partial charge in [0, 0.05) is 37.7 Å². The average molecular weight is 481 g/mol. The van der Waals surface area contributed by atoms with E-state index >= 15 is 0 Å². The number of rotatable bonds is 4. The van der Waals surface area contributed by atoms with E-state index < -0.39 is 24.7 Å². The van der Waals surface area contributed by atoms with Gasteiger partial charge in [0.15, 0.2) is 5.65 Å². The fourth-order valence-electron chi connectivity index (χ4n) is 4.66. The Morgan fingerprint density at radius 1 is 1.09 bits per heavy atom. The van der Waals surface area contributed by atoms with E-state index in [2.05, 4.69) is 20.1 Å². The maximum Gasteiger partial charge on any atom is 0.417 e. The van der Waals surface area contributed by atoms with Crippen LogP contribution in [0.25, 0.3) is 11.2 Å². The fourth-order valence-corrected chi connectivity index (χ4v) is 4.66. The number of halogens is 5. The molecule has 2 aliphatic heterocycles. The third kappa shape index (κ3) is 4.14. The second-order valence-corrected chi connectivity index (χ2v) is 8.73. The molecule has 3 aromatic heterocycles. The lowest BCUT2D eigenvalue weighted by Gasteiger charge is -2.39. The van der Waals surface area contributed by atoms with E-state index in [0.29, 0.717) is 43.8 Å². The molecule has 2 saturated heterocycles. The van der Waals surface area contributed by atoms with Crippen LogP contribution in [0.2, 0.25) is 0 Å². The van der Waals surface area contributed by atoms with Crippen molar-refractivity contribution in [3.05, 3.63) is 36.4 Å². The van der Waals surface area contributed by atoms with E-state index in [1.54, 1.807) is 6.20 Å².